The van der Waals surface area contributed by atoms with Gasteiger partial charge in [0.2, 0.25) is 0 Å². The van der Waals surface area contributed by atoms with Gasteiger partial charge in [-0.15, -0.1) is 0 Å². The lowest BCUT2D eigenvalue weighted by atomic mass is 10.1. The number of rotatable bonds is 21. The number of esters is 3. The molecule has 3 atom stereocenters. The number of aryl methyl sites for hydroxylation is 1. The molecule has 0 aromatic heterocycles. The van der Waals surface area contributed by atoms with E-state index < -0.39 is 18.2 Å². The molecule has 266 valence electrons. The highest BCUT2D eigenvalue weighted by atomic mass is 16.6. The van der Waals surface area contributed by atoms with Crippen molar-refractivity contribution in [3.05, 3.63) is 83.4 Å². The summed E-state index contributed by atoms with van der Waals surface area (Å²) < 4.78 is 33.3. The number of unbranched alkanes of at least 4 members (excludes halogenated alkanes) is 2. The van der Waals surface area contributed by atoms with Crippen LogP contribution in [-0.4, -0.2) is 55.7 Å². The van der Waals surface area contributed by atoms with Gasteiger partial charge in [0.15, 0.2) is 6.29 Å². The van der Waals surface area contributed by atoms with Crippen LogP contribution in [0.25, 0.3) is 0 Å². The van der Waals surface area contributed by atoms with E-state index in [0.29, 0.717) is 72.5 Å². The van der Waals surface area contributed by atoms with Gasteiger partial charge in [-0.05, 0) is 118 Å². The van der Waals surface area contributed by atoms with Gasteiger partial charge in [-0.25, -0.2) is 9.59 Å². The monoisotopic (exact) mass is 678 g/mol. The van der Waals surface area contributed by atoms with Crippen LogP contribution in [0.4, 0.5) is 0 Å². The summed E-state index contributed by atoms with van der Waals surface area (Å²) in [6.07, 6.45) is 3.84. The average Bonchev–Trinajstić information content (AvgIpc) is 3.11. The Morgan fingerprint density at radius 2 is 1.16 bits per heavy atom. The summed E-state index contributed by atoms with van der Waals surface area (Å²) in [5.41, 5.74) is 1.34. The quantitative estimate of drug-likeness (QED) is 0.0518. The summed E-state index contributed by atoms with van der Waals surface area (Å²) in [5.74, 6) is 0.709. The number of benzene rings is 3. The van der Waals surface area contributed by atoms with Crippen molar-refractivity contribution in [1.29, 1.82) is 0 Å². The Morgan fingerprint density at radius 3 is 1.69 bits per heavy atom. The molecule has 10 nitrogen and oxygen atoms in total. The summed E-state index contributed by atoms with van der Waals surface area (Å²) in [6, 6.07) is 18.1. The standard InChI is InChI=1S/C39H50O10/c1-6-27(3)36(40)46-24-10-8-22-44-32-16-12-30(13-17-32)38(42)48-34-20-21-35(29(5)26-34)49-39(43)31-14-18-33(19-15-31)45-23-9-11-25-47-37(41)28(4)7-2/h12-21,26-28,36,40H,6-11,22-25H2,1-5H3. The first-order chi connectivity index (χ1) is 23.6. The first-order valence-electron chi connectivity index (χ1n) is 17.1. The van der Waals surface area contributed by atoms with E-state index in [0.717, 1.165) is 32.1 Å². The first-order valence-corrected chi connectivity index (χ1v) is 17.1. The second-order valence-electron chi connectivity index (χ2n) is 12.0. The average molecular weight is 679 g/mol. The molecule has 1 N–H and O–H groups in total. The SMILES string of the molecule is CCC(C)C(=O)OCCCCOc1ccc(C(=O)Oc2ccc(OC(=O)c3ccc(OCCCCOC(O)C(C)CC)cc3)cc2C)cc1. The Kier molecular flexibility index (Phi) is 16.6. The molecule has 0 heterocycles. The molecule has 0 aliphatic rings. The molecule has 3 rings (SSSR count). The van der Waals surface area contributed by atoms with Crippen LogP contribution in [0.15, 0.2) is 66.7 Å². The number of carbonyl (C=O) groups is 3. The first kappa shape index (κ1) is 39.0. The molecule has 0 bridgehead atoms. The number of carbonyl (C=O) groups excluding carboxylic acids is 3. The number of aliphatic hydroxyl groups is 1. The van der Waals surface area contributed by atoms with Crippen molar-refractivity contribution in [2.75, 3.05) is 26.4 Å². The van der Waals surface area contributed by atoms with Crippen LogP contribution in [-0.2, 0) is 14.3 Å². The third kappa shape index (κ3) is 13.6. The van der Waals surface area contributed by atoms with Gasteiger partial charge in [-0.3, -0.25) is 4.79 Å². The van der Waals surface area contributed by atoms with Gasteiger partial charge >= 0.3 is 17.9 Å². The Morgan fingerprint density at radius 1 is 0.653 bits per heavy atom. The minimum absolute atomic E-state index is 0.0868. The minimum Gasteiger partial charge on any atom is -0.494 e. The largest absolute Gasteiger partial charge is 0.494 e. The van der Waals surface area contributed by atoms with Gasteiger partial charge in [-0.1, -0.05) is 27.7 Å². The summed E-state index contributed by atoms with van der Waals surface area (Å²) in [4.78, 5) is 37.2. The van der Waals surface area contributed by atoms with Gasteiger partial charge in [0.1, 0.15) is 23.0 Å². The molecule has 0 saturated heterocycles. The fourth-order valence-corrected chi connectivity index (χ4v) is 4.34. The molecule has 0 aliphatic carbocycles. The van der Waals surface area contributed by atoms with Crippen LogP contribution in [0.3, 0.4) is 0 Å². The Hall–Kier alpha value is -4.41. The number of hydrogen-bond acceptors (Lipinski definition) is 10. The van der Waals surface area contributed by atoms with E-state index in [1.807, 2.05) is 27.7 Å². The van der Waals surface area contributed by atoms with Crippen molar-refractivity contribution in [3.63, 3.8) is 0 Å². The van der Waals surface area contributed by atoms with Crippen molar-refractivity contribution in [2.24, 2.45) is 11.8 Å². The highest BCUT2D eigenvalue weighted by molar-refractivity contribution is 5.92. The fourth-order valence-electron chi connectivity index (χ4n) is 4.34. The molecule has 3 aromatic rings. The third-order valence-electron chi connectivity index (χ3n) is 8.03. The van der Waals surface area contributed by atoms with Crippen molar-refractivity contribution in [3.8, 4) is 23.0 Å². The Labute approximate surface area is 289 Å². The van der Waals surface area contributed by atoms with Crippen LogP contribution in [0.1, 0.15) is 92.5 Å². The number of hydrogen-bond donors (Lipinski definition) is 1. The molecule has 0 fully saturated rings. The van der Waals surface area contributed by atoms with Crippen molar-refractivity contribution >= 4 is 17.9 Å². The van der Waals surface area contributed by atoms with Crippen molar-refractivity contribution < 1.29 is 47.9 Å². The Bertz CT molecular complexity index is 1450. The lowest BCUT2D eigenvalue weighted by Gasteiger charge is -2.17. The Balaban J connectivity index is 1.38. The summed E-state index contributed by atoms with van der Waals surface area (Å²) >= 11 is 0. The number of aliphatic hydroxyl groups excluding tert-OH is 1. The van der Waals surface area contributed by atoms with Crippen molar-refractivity contribution in [2.45, 2.75) is 79.4 Å². The lowest BCUT2D eigenvalue weighted by molar-refractivity contribution is -0.148. The second-order valence-corrected chi connectivity index (χ2v) is 12.0. The van der Waals surface area contributed by atoms with E-state index in [9.17, 15) is 19.5 Å². The van der Waals surface area contributed by atoms with E-state index in [-0.39, 0.29) is 17.8 Å². The third-order valence-corrected chi connectivity index (χ3v) is 8.03. The van der Waals surface area contributed by atoms with E-state index in [4.69, 9.17) is 28.4 Å². The smallest absolute Gasteiger partial charge is 0.343 e. The highest BCUT2D eigenvalue weighted by Crippen LogP contribution is 2.26. The molecule has 3 unspecified atom stereocenters. The maximum atomic E-state index is 12.8. The van der Waals surface area contributed by atoms with Gasteiger partial charge in [0.05, 0.1) is 36.9 Å². The van der Waals surface area contributed by atoms with Gasteiger partial charge in [-0.2, -0.15) is 0 Å². The topological polar surface area (TPSA) is 127 Å². The van der Waals surface area contributed by atoms with Crippen molar-refractivity contribution in [1.82, 2.24) is 0 Å². The fraction of sp³-hybridized carbons (Fsp3) is 0.462. The molecule has 10 heteroatoms. The molecule has 0 amide bonds. The molecule has 49 heavy (non-hydrogen) atoms. The van der Waals surface area contributed by atoms with Crippen LogP contribution < -0.4 is 18.9 Å². The van der Waals surface area contributed by atoms with Gasteiger partial charge in [0, 0.05) is 12.5 Å². The van der Waals surface area contributed by atoms with Crippen LogP contribution in [0.5, 0.6) is 23.0 Å². The zero-order chi connectivity index (χ0) is 35.6. The molecule has 0 aliphatic heterocycles. The van der Waals surface area contributed by atoms with E-state index >= 15 is 0 Å². The molecular weight excluding hydrogens is 628 g/mol. The van der Waals surface area contributed by atoms with E-state index in [1.165, 1.54) is 0 Å². The predicted octanol–water partition coefficient (Wildman–Crippen LogP) is 7.72. The minimum atomic E-state index is -0.739. The maximum absolute atomic E-state index is 12.8. The van der Waals surface area contributed by atoms with Gasteiger partial charge < -0.3 is 33.5 Å². The lowest BCUT2D eigenvalue weighted by Crippen LogP contribution is -2.21. The van der Waals surface area contributed by atoms with E-state index in [1.54, 1.807) is 73.7 Å². The molecule has 3 aromatic carbocycles. The zero-order valence-electron chi connectivity index (χ0n) is 29.3. The molecular formula is C39H50O10. The highest BCUT2D eigenvalue weighted by Gasteiger charge is 2.15. The normalized spacial score (nSPS) is 12.8. The van der Waals surface area contributed by atoms with Gasteiger partial charge in [0.25, 0.3) is 0 Å². The molecule has 0 spiro atoms. The van der Waals surface area contributed by atoms with Crippen LogP contribution in [0, 0.1) is 18.8 Å². The summed E-state index contributed by atoms with van der Waals surface area (Å²) in [5, 5.41) is 9.85. The summed E-state index contributed by atoms with van der Waals surface area (Å²) in [6.45, 7) is 11.3. The molecule has 0 radical (unpaired) electrons. The van der Waals surface area contributed by atoms with Crippen LogP contribution >= 0.6 is 0 Å². The van der Waals surface area contributed by atoms with Crippen LogP contribution in [0.2, 0.25) is 0 Å². The second kappa shape index (κ2) is 20.8. The molecule has 0 saturated carbocycles. The zero-order valence-corrected chi connectivity index (χ0v) is 29.3. The summed E-state index contributed by atoms with van der Waals surface area (Å²) in [7, 11) is 0. The van der Waals surface area contributed by atoms with E-state index in [2.05, 4.69) is 0 Å². The predicted molar refractivity (Wildman–Crippen MR) is 185 cm³/mol. The number of ether oxygens (including phenoxy) is 6. The maximum Gasteiger partial charge on any atom is 0.343 e.